The van der Waals surface area contributed by atoms with E-state index >= 15 is 0 Å². The minimum absolute atomic E-state index is 0.221. The molecule has 2 nitrogen and oxygen atoms in total. The van der Waals surface area contributed by atoms with Crippen LogP contribution < -0.4 is 4.74 Å². The van der Waals surface area contributed by atoms with E-state index in [9.17, 15) is 4.79 Å². The second kappa shape index (κ2) is 4.52. The summed E-state index contributed by atoms with van der Waals surface area (Å²) < 4.78 is 5.26. The SMILES string of the molecule is COc1ccc2c(c1)CC(C(C)(C)C=O)CC2. The van der Waals surface area contributed by atoms with Gasteiger partial charge in [0.2, 0.25) is 0 Å². The topological polar surface area (TPSA) is 26.3 Å². The minimum atomic E-state index is -0.221. The molecule has 92 valence electrons. The highest BCUT2D eigenvalue weighted by Crippen LogP contribution is 2.37. The molecule has 17 heavy (non-hydrogen) atoms. The zero-order valence-electron chi connectivity index (χ0n) is 10.8. The van der Waals surface area contributed by atoms with E-state index in [0.717, 1.165) is 31.3 Å². The average Bonchev–Trinajstić information content (AvgIpc) is 2.37. The summed E-state index contributed by atoms with van der Waals surface area (Å²) in [4.78, 5) is 11.1. The Bertz CT molecular complexity index is 421. The lowest BCUT2D eigenvalue weighted by Gasteiger charge is -2.33. The fourth-order valence-corrected chi connectivity index (χ4v) is 2.59. The van der Waals surface area contributed by atoms with Crippen molar-refractivity contribution < 1.29 is 9.53 Å². The molecule has 1 unspecified atom stereocenters. The number of hydrogen-bond donors (Lipinski definition) is 0. The van der Waals surface area contributed by atoms with Gasteiger partial charge in [0.1, 0.15) is 12.0 Å². The van der Waals surface area contributed by atoms with Crippen LogP contribution in [0.25, 0.3) is 0 Å². The van der Waals surface area contributed by atoms with E-state index in [1.165, 1.54) is 11.1 Å². The van der Waals surface area contributed by atoms with Crippen molar-refractivity contribution in [2.75, 3.05) is 7.11 Å². The lowest BCUT2D eigenvalue weighted by Crippen LogP contribution is -2.30. The quantitative estimate of drug-likeness (QED) is 0.749. The largest absolute Gasteiger partial charge is 0.497 e. The third kappa shape index (κ3) is 2.36. The van der Waals surface area contributed by atoms with Crippen molar-refractivity contribution >= 4 is 6.29 Å². The second-order valence-electron chi connectivity index (χ2n) is 5.51. The van der Waals surface area contributed by atoms with E-state index in [-0.39, 0.29) is 5.41 Å². The number of rotatable bonds is 3. The van der Waals surface area contributed by atoms with E-state index in [0.29, 0.717) is 5.92 Å². The number of aldehydes is 1. The summed E-state index contributed by atoms with van der Waals surface area (Å²) >= 11 is 0. The lowest BCUT2D eigenvalue weighted by molar-refractivity contribution is -0.117. The number of aryl methyl sites for hydroxylation is 1. The number of benzene rings is 1. The maximum atomic E-state index is 11.1. The normalized spacial score (nSPS) is 19.6. The predicted molar refractivity (Wildman–Crippen MR) is 68.4 cm³/mol. The van der Waals surface area contributed by atoms with Gasteiger partial charge >= 0.3 is 0 Å². The Morgan fingerprint density at radius 2 is 2.12 bits per heavy atom. The molecule has 0 spiro atoms. The molecule has 0 aliphatic heterocycles. The van der Waals surface area contributed by atoms with Gasteiger partial charge < -0.3 is 9.53 Å². The maximum absolute atomic E-state index is 11.1. The summed E-state index contributed by atoms with van der Waals surface area (Å²) in [7, 11) is 1.69. The summed E-state index contributed by atoms with van der Waals surface area (Å²) in [5.41, 5.74) is 2.53. The third-order valence-electron chi connectivity index (χ3n) is 4.00. The molecule has 0 radical (unpaired) electrons. The van der Waals surface area contributed by atoms with Gasteiger partial charge in [-0.25, -0.2) is 0 Å². The van der Waals surface area contributed by atoms with Crippen LogP contribution in [0.2, 0.25) is 0 Å². The van der Waals surface area contributed by atoms with Gasteiger partial charge in [0.15, 0.2) is 0 Å². The minimum Gasteiger partial charge on any atom is -0.497 e. The first kappa shape index (κ1) is 12.2. The molecule has 0 aromatic heterocycles. The Labute approximate surface area is 103 Å². The first-order chi connectivity index (χ1) is 8.06. The smallest absolute Gasteiger partial charge is 0.125 e. The molecule has 2 heteroatoms. The van der Waals surface area contributed by atoms with E-state index < -0.39 is 0 Å². The first-order valence-corrected chi connectivity index (χ1v) is 6.19. The van der Waals surface area contributed by atoms with E-state index in [1.807, 2.05) is 19.9 Å². The van der Waals surface area contributed by atoms with Gasteiger partial charge in [-0.05, 0) is 48.4 Å². The van der Waals surface area contributed by atoms with Crippen LogP contribution in [0.3, 0.4) is 0 Å². The van der Waals surface area contributed by atoms with Crippen molar-refractivity contribution in [2.45, 2.75) is 33.1 Å². The highest BCUT2D eigenvalue weighted by atomic mass is 16.5. The van der Waals surface area contributed by atoms with Crippen LogP contribution >= 0.6 is 0 Å². The molecule has 1 aromatic carbocycles. The summed E-state index contributed by atoms with van der Waals surface area (Å²) in [5.74, 6) is 1.35. The van der Waals surface area contributed by atoms with Gasteiger partial charge in [0.05, 0.1) is 7.11 Å². The Morgan fingerprint density at radius 1 is 1.35 bits per heavy atom. The Balaban J connectivity index is 2.25. The maximum Gasteiger partial charge on any atom is 0.125 e. The number of carbonyl (C=O) groups is 1. The van der Waals surface area contributed by atoms with Crippen molar-refractivity contribution in [3.63, 3.8) is 0 Å². The monoisotopic (exact) mass is 232 g/mol. The zero-order chi connectivity index (χ0) is 12.5. The summed E-state index contributed by atoms with van der Waals surface area (Å²) in [6.07, 6.45) is 4.26. The van der Waals surface area contributed by atoms with Crippen LogP contribution in [0.15, 0.2) is 18.2 Å². The van der Waals surface area contributed by atoms with Gasteiger partial charge in [0.25, 0.3) is 0 Å². The molecule has 0 saturated heterocycles. The van der Waals surface area contributed by atoms with Crippen LogP contribution in [-0.4, -0.2) is 13.4 Å². The van der Waals surface area contributed by atoms with Crippen LogP contribution in [0.4, 0.5) is 0 Å². The van der Waals surface area contributed by atoms with Gasteiger partial charge in [-0.3, -0.25) is 0 Å². The lowest BCUT2D eigenvalue weighted by atomic mass is 9.70. The summed E-state index contributed by atoms with van der Waals surface area (Å²) in [6.45, 7) is 4.08. The fourth-order valence-electron chi connectivity index (χ4n) is 2.59. The van der Waals surface area contributed by atoms with Crippen LogP contribution in [0.1, 0.15) is 31.4 Å². The van der Waals surface area contributed by atoms with Crippen LogP contribution in [-0.2, 0) is 17.6 Å². The van der Waals surface area contributed by atoms with Crippen molar-refractivity contribution in [1.29, 1.82) is 0 Å². The second-order valence-corrected chi connectivity index (χ2v) is 5.51. The van der Waals surface area contributed by atoms with Gasteiger partial charge in [-0.2, -0.15) is 0 Å². The summed E-state index contributed by atoms with van der Waals surface area (Å²) in [5, 5.41) is 0. The van der Waals surface area contributed by atoms with E-state index in [4.69, 9.17) is 4.74 Å². The fraction of sp³-hybridized carbons (Fsp3) is 0.533. The molecule has 0 saturated carbocycles. The Kier molecular flexibility index (Phi) is 3.23. The predicted octanol–water partition coefficient (Wildman–Crippen LogP) is 3.03. The van der Waals surface area contributed by atoms with Gasteiger partial charge in [-0.1, -0.05) is 19.9 Å². The zero-order valence-corrected chi connectivity index (χ0v) is 10.8. The highest BCUT2D eigenvalue weighted by Gasteiger charge is 2.32. The van der Waals surface area contributed by atoms with Crippen molar-refractivity contribution in [3.8, 4) is 5.75 Å². The van der Waals surface area contributed by atoms with Crippen LogP contribution in [0, 0.1) is 11.3 Å². The molecule has 0 N–H and O–H groups in total. The number of carbonyl (C=O) groups excluding carboxylic acids is 1. The molecular formula is C15H20O2. The Morgan fingerprint density at radius 3 is 2.76 bits per heavy atom. The van der Waals surface area contributed by atoms with Crippen molar-refractivity contribution in [1.82, 2.24) is 0 Å². The van der Waals surface area contributed by atoms with E-state index in [2.05, 4.69) is 12.1 Å². The molecule has 0 fully saturated rings. The molecule has 2 rings (SSSR count). The molecule has 1 aromatic rings. The molecule has 1 aliphatic carbocycles. The Hall–Kier alpha value is -1.31. The van der Waals surface area contributed by atoms with Crippen molar-refractivity contribution in [2.24, 2.45) is 11.3 Å². The van der Waals surface area contributed by atoms with Crippen molar-refractivity contribution in [3.05, 3.63) is 29.3 Å². The van der Waals surface area contributed by atoms with Crippen LogP contribution in [0.5, 0.6) is 5.75 Å². The molecule has 0 bridgehead atoms. The third-order valence-corrected chi connectivity index (χ3v) is 4.00. The molecule has 1 aliphatic rings. The number of methoxy groups -OCH3 is 1. The number of hydrogen-bond acceptors (Lipinski definition) is 2. The number of fused-ring (bicyclic) bond motifs is 1. The standard InChI is InChI=1S/C15H20O2/c1-15(2,10-16)13-6-4-11-5-7-14(17-3)9-12(11)8-13/h5,7,9-10,13H,4,6,8H2,1-3H3. The summed E-state index contributed by atoms with van der Waals surface area (Å²) in [6, 6.07) is 6.28. The highest BCUT2D eigenvalue weighted by molar-refractivity contribution is 5.59. The van der Waals surface area contributed by atoms with Gasteiger partial charge in [-0.15, -0.1) is 0 Å². The molecular weight excluding hydrogens is 212 g/mol. The average molecular weight is 232 g/mol. The molecule has 0 amide bonds. The number of ether oxygens (including phenoxy) is 1. The first-order valence-electron chi connectivity index (χ1n) is 6.19. The molecule has 1 atom stereocenters. The van der Waals surface area contributed by atoms with E-state index in [1.54, 1.807) is 7.11 Å². The molecule has 0 heterocycles. The van der Waals surface area contributed by atoms with Gasteiger partial charge in [0, 0.05) is 5.41 Å².